The van der Waals surface area contributed by atoms with Gasteiger partial charge in [0.2, 0.25) is 17.1 Å². The second-order valence-corrected chi connectivity index (χ2v) is 8.71. The van der Waals surface area contributed by atoms with Crippen LogP contribution in [0.3, 0.4) is 0 Å². The number of carbonyl (C=O) groups is 2. The number of primary amides is 1. The molecule has 1 aromatic carbocycles. The fourth-order valence-electron chi connectivity index (χ4n) is 4.82. The zero-order chi connectivity index (χ0) is 23.9. The first-order valence-corrected chi connectivity index (χ1v) is 11.0. The molecular weight excluding hydrogens is 437 g/mol. The summed E-state index contributed by atoms with van der Waals surface area (Å²) < 4.78 is 13.8. The number of halogens is 1. The number of urea groups is 1. The monoisotopic (exact) mass is 462 g/mol. The number of hydrogen-bond acceptors (Lipinski definition) is 5. The highest BCUT2D eigenvalue weighted by atomic mass is 19.1. The molecule has 10 heteroatoms. The van der Waals surface area contributed by atoms with Gasteiger partial charge in [-0.15, -0.1) is 0 Å². The summed E-state index contributed by atoms with van der Waals surface area (Å²) in [5.74, 6) is 0.265. The van der Waals surface area contributed by atoms with Crippen molar-refractivity contribution in [3.05, 3.63) is 78.2 Å². The normalized spacial score (nSPS) is 27.2. The first-order valence-electron chi connectivity index (χ1n) is 11.0. The number of aliphatic imine (C=N–C) groups is 2. The van der Waals surface area contributed by atoms with Gasteiger partial charge < -0.3 is 22.1 Å². The van der Waals surface area contributed by atoms with Gasteiger partial charge in [0.05, 0.1) is 24.0 Å². The molecule has 1 aromatic rings. The van der Waals surface area contributed by atoms with E-state index in [0.29, 0.717) is 17.7 Å². The molecule has 0 radical (unpaired) electrons. The molecule has 4 aliphatic rings. The lowest BCUT2D eigenvalue weighted by atomic mass is 9.81. The number of nitrogens with one attached hydrogen (secondary N) is 2. The Kier molecular flexibility index (Phi) is 5.17. The Balaban J connectivity index is 1.45. The highest BCUT2D eigenvalue weighted by molar-refractivity contribution is 6.03. The molecule has 1 saturated carbocycles. The van der Waals surface area contributed by atoms with Crippen LogP contribution in [0.1, 0.15) is 19.3 Å². The SMILES string of the molecule is NC(=O)C1([N+]23C=CN=C(N)C2=CN=C3C2CC2)C=C(CNC(=O)Nc2ccccc2F)C=CC1. The van der Waals surface area contributed by atoms with Crippen LogP contribution in [0.2, 0.25) is 0 Å². The molecule has 3 amide bonds. The van der Waals surface area contributed by atoms with E-state index in [-0.39, 0.29) is 28.5 Å². The van der Waals surface area contributed by atoms with Crippen molar-refractivity contribution in [1.29, 1.82) is 0 Å². The van der Waals surface area contributed by atoms with Gasteiger partial charge in [0.25, 0.3) is 5.91 Å². The average Bonchev–Trinajstić information content (AvgIpc) is 3.58. The van der Waals surface area contributed by atoms with E-state index in [4.69, 9.17) is 11.5 Å². The third-order valence-electron chi connectivity index (χ3n) is 6.59. The Morgan fingerprint density at radius 1 is 1.24 bits per heavy atom. The Morgan fingerprint density at radius 2 is 2.03 bits per heavy atom. The number of hydrogen-bond donors (Lipinski definition) is 4. The summed E-state index contributed by atoms with van der Waals surface area (Å²) >= 11 is 0. The number of anilines is 1. The van der Waals surface area contributed by atoms with Gasteiger partial charge in [-0.1, -0.05) is 24.3 Å². The lowest BCUT2D eigenvalue weighted by Crippen LogP contribution is -2.69. The number of quaternary nitrogens is 1. The predicted molar refractivity (Wildman–Crippen MR) is 126 cm³/mol. The minimum absolute atomic E-state index is 0.0163. The molecule has 34 heavy (non-hydrogen) atoms. The Hall–Kier alpha value is -4.05. The second-order valence-electron chi connectivity index (χ2n) is 8.71. The number of amides is 3. The number of amidine groups is 2. The van der Waals surface area contributed by atoms with Crippen LogP contribution < -0.4 is 22.1 Å². The van der Waals surface area contributed by atoms with Crippen LogP contribution in [0.25, 0.3) is 0 Å². The molecule has 0 spiro atoms. The van der Waals surface area contributed by atoms with Gasteiger partial charge in [-0.25, -0.2) is 19.2 Å². The zero-order valence-corrected chi connectivity index (χ0v) is 18.4. The van der Waals surface area contributed by atoms with Crippen molar-refractivity contribution >= 4 is 29.3 Å². The summed E-state index contributed by atoms with van der Waals surface area (Å²) in [4.78, 5) is 34.4. The molecule has 2 aliphatic heterocycles. The summed E-state index contributed by atoms with van der Waals surface area (Å²) in [5, 5.41) is 5.20. The maximum absolute atomic E-state index is 13.8. The Morgan fingerprint density at radius 3 is 2.76 bits per heavy atom. The zero-order valence-electron chi connectivity index (χ0n) is 18.4. The van der Waals surface area contributed by atoms with Crippen LogP contribution in [0, 0.1) is 11.7 Å². The van der Waals surface area contributed by atoms with E-state index in [2.05, 4.69) is 20.6 Å². The van der Waals surface area contributed by atoms with Gasteiger partial charge in [-0.05, 0) is 36.6 Å². The van der Waals surface area contributed by atoms with Crippen LogP contribution in [-0.4, -0.2) is 40.2 Å². The van der Waals surface area contributed by atoms with Gasteiger partial charge >= 0.3 is 6.03 Å². The van der Waals surface area contributed by atoms with Crippen LogP contribution >= 0.6 is 0 Å². The predicted octanol–water partition coefficient (Wildman–Crippen LogP) is 2.38. The molecule has 5 rings (SSSR count). The van der Waals surface area contributed by atoms with Crippen molar-refractivity contribution in [2.24, 2.45) is 27.4 Å². The van der Waals surface area contributed by atoms with Crippen molar-refractivity contribution in [2.75, 3.05) is 11.9 Å². The fraction of sp³-hybridized carbons (Fsp3) is 0.250. The van der Waals surface area contributed by atoms with Gasteiger partial charge in [-0.2, -0.15) is 4.48 Å². The van der Waals surface area contributed by atoms with Gasteiger partial charge in [0.1, 0.15) is 12.0 Å². The fourth-order valence-corrected chi connectivity index (χ4v) is 4.82. The summed E-state index contributed by atoms with van der Waals surface area (Å²) in [6, 6.07) is 5.33. The summed E-state index contributed by atoms with van der Waals surface area (Å²) in [6.07, 6.45) is 12.9. The first-order chi connectivity index (χ1) is 16.4. The number of carbonyl (C=O) groups excluding carboxylic acids is 2. The third kappa shape index (κ3) is 3.34. The number of rotatable bonds is 6. The number of nitrogens with two attached hydrogens (primary N) is 2. The Bertz CT molecular complexity index is 1260. The third-order valence-corrected chi connectivity index (χ3v) is 6.59. The molecule has 2 heterocycles. The molecule has 2 atom stereocenters. The van der Waals surface area contributed by atoms with Crippen LogP contribution in [-0.2, 0) is 4.79 Å². The van der Waals surface area contributed by atoms with Crippen LogP contribution in [0.15, 0.2) is 82.3 Å². The quantitative estimate of drug-likeness (QED) is 0.483. The summed E-state index contributed by atoms with van der Waals surface area (Å²) in [7, 11) is 0. The molecule has 0 bridgehead atoms. The van der Waals surface area contributed by atoms with E-state index in [1.54, 1.807) is 30.6 Å². The molecule has 6 N–H and O–H groups in total. The van der Waals surface area contributed by atoms with Crippen LogP contribution in [0.4, 0.5) is 14.9 Å². The number of nitrogens with zero attached hydrogens (tertiary/aromatic N) is 3. The molecule has 0 saturated heterocycles. The molecule has 174 valence electrons. The van der Waals surface area contributed by atoms with Gasteiger partial charge in [0.15, 0.2) is 5.84 Å². The van der Waals surface area contributed by atoms with E-state index in [9.17, 15) is 14.0 Å². The van der Waals surface area contributed by atoms with E-state index in [1.807, 2.05) is 18.4 Å². The van der Waals surface area contributed by atoms with Crippen molar-refractivity contribution in [3.8, 4) is 0 Å². The van der Waals surface area contributed by atoms with E-state index >= 15 is 0 Å². The molecule has 9 nitrogen and oxygen atoms in total. The van der Waals surface area contributed by atoms with Crippen LogP contribution in [0.5, 0.6) is 0 Å². The number of benzene rings is 1. The van der Waals surface area contributed by atoms with E-state index in [0.717, 1.165) is 18.7 Å². The summed E-state index contributed by atoms with van der Waals surface area (Å²) in [5.41, 5.74) is 12.4. The highest BCUT2D eigenvalue weighted by Gasteiger charge is 2.64. The first kappa shape index (κ1) is 21.8. The smallest absolute Gasteiger partial charge is 0.319 e. The minimum Gasteiger partial charge on any atom is -0.379 e. The largest absolute Gasteiger partial charge is 0.379 e. The second kappa shape index (κ2) is 8.07. The lowest BCUT2D eigenvalue weighted by Gasteiger charge is -2.47. The van der Waals surface area contributed by atoms with E-state index < -0.39 is 23.3 Å². The molecular formula is C24H25FN7O2+. The number of para-hydroxylation sites is 1. The van der Waals surface area contributed by atoms with Crippen molar-refractivity contribution < 1.29 is 18.5 Å². The lowest BCUT2D eigenvalue weighted by molar-refractivity contribution is -0.782. The maximum Gasteiger partial charge on any atom is 0.319 e. The number of fused-ring (bicyclic) bond motifs is 1. The van der Waals surface area contributed by atoms with Gasteiger partial charge in [0, 0.05) is 13.0 Å². The van der Waals surface area contributed by atoms with Crippen molar-refractivity contribution in [1.82, 2.24) is 5.32 Å². The maximum atomic E-state index is 13.8. The Labute approximate surface area is 195 Å². The van der Waals surface area contributed by atoms with E-state index in [1.165, 1.54) is 12.1 Å². The molecule has 2 aliphatic carbocycles. The minimum atomic E-state index is -1.23. The standard InChI is InChI=1S/C24H24FN7O2/c25-17-5-1-2-6-18(17)31-23(34)30-13-15-4-3-9-24(12-15,22(27)33)32-11-10-28-20(26)19(32)14-29-21(32)16-7-8-16/h1-6,10-12,14,16H,7-9,13H2,(H5-,26,27,28,30,31,33,34)/p+1. The topological polar surface area (TPSA) is 135 Å². The average molecular weight is 463 g/mol. The molecule has 1 fully saturated rings. The highest BCUT2D eigenvalue weighted by Crippen LogP contribution is 2.49. The molecule has 2 unspecified atom stereocenters. The van der Waals surface area contributed by atoms with Crippen molar-refractivity contribution in [2.45, 2.75) is 24.8 Å². The van der Waals surface area contributed by atoms with Gasteiger partial charge in [-0.3, -0.25) is 4.79 Å². The summed E-state index contributed by atoms with van der Waals surface area (Å²) in [6.45, 7) is 0.105. The van der Waals surface area contributed by atoms with Crippen molar-refractivity contribution in [3.63, 3.8) is 0 Å². The molecule has 0 aromatic heterocycles.